The highest BCUT2D eigenvalue weighted by molar-refractivity contribution is 9.10. The van der Waals surface area contributed by atoms with Crippen LogP contribution in [0.3, 0.4) is 0 Å². The number of thiazole rings is 1. The van der Waals surface area contributed by atoms with Crippen LogP contribution in [0.1, 0.15) is 29.1 Å². The average Bonchev–Trinajstić information content (AvgIpc) is 2.72. The van der Waals surface area contributed by atoms with Crippen molar-refractivity contribution in [1.29, 1.82) is 0 Å². The largest absolute Gasteiger partial charge is 0.305 e. The van der Waals surface area contributed by atoms with Crippen LogP contribution >= 0.6 is 38.9 Å². The van der Waals surface area contributed by atoms with E-state index >= 15 is 0 Å². The van der Waals surface area contributed by atoms with Crippen molar-refractivity contribution in [3.63, 3.8) is 0 Å². The third-order valence-corrected chi connectivity index (χ3v) is 4.60. The predicted octanol–water partition coefficient (Wildman–Crippen LogP) is 4.72. The highest BCUT2D eigenvalue weighted by Crippen LogP contribution is 2.26. The molecule has 0 bridgehead atoms. The van der Waals surface area contributed by atoms with Crippen LogP contribution < -0.4 is 5.32 Å². The molecule has 1 N–H and O–H groups in total. The summed E-state index contributed by atoms with van der Waals surface area (Å²) in [4.78, 5) is 5.52. The second-order valence-electron chi connectivity index (χ2n) is 4.13. The normalized spacial score (nSPS) is 12.7. The lowest BCUT2D eigenvalue weighted by Gasteiger charge is -2.15. The zero-order valence-electron chi connectivity index (χ0n) is 10.2. The molecule has 0 amide bonds. The summed E-state index contributed by atoms with van der Waals surface area (Å²) in [5, 5.41) is 4.26. The first kappa shape index (κ1) is 14.0. The third-order valence-electron chi connectivity index (χ3n) is 2.84. The molecule has 1 atom stereocenters. The SMILES string of the molecule is Cc1ncsc1CNC(C)c1ccc(Br)cc1Cl. The Labute approximate surface area is 125 Å². The van der Waals surface area contributed by atoms with Gasteiger partial charge in [0.05, 0.1) is 11.2 Å². The molecule has 0 saturated heterocycles. The molecule has 0 fully saturated rings. The van der Waals surface area contributed by atoms with Crippen molar-refractivity contribution >= 4 is 38.9 Å². The van der Waals surface area contributed by atoms with E-state index in [0.29, 0.717) is 0 Å². The lowest BCUT2D eigenvalue weighted by molar-refractivity contribution is 0.577. The first-order chi connectivity index (χ1) is 8.58. The van der Waals surface area contributed by atoms with E-state index in [9.17, 15) is 0 Å². The number of halogens is 2. The smallest absolute Gasteiger partial charge is 0.0798 e. The number of benzene rings is 1. The molecule has 5 heteroatoms. The minimum Gasteiger partial charge on any atom is -0.305 e. The summed E-state index contributed by atoms with van der Waals surface area (Å²) in [6.45, 7) is 4.97. The van der Waals surface area contributed by atoms with E-state index in [1.165, 1.54) is 4.88 Å². The fraction of sp³-hybridized carbons (Fsp3) is 0.308. The Morgan fingerprint density at radius 3 is 2.89 bits per heavy atom. The fourth-order valence-electron chi connectivity index (χ4n) is 1.70. The molecule has 2 aromatic rings. The summed E-state index contributed by atoms with van der Waals surface area (Å²) in [6, 6.07) is 6.20. The van der Waals surface area contributed by atoms with Crippen LogP contribution in [0.15, 0.2) is 28.2 Å². The molecule has 1 aromatic heterocycles. The van der Waals surface area contributed by atoms with Gasteiger partial charge in [-0.1, -0.05) is 33.6 Å². The van der Waals surface area contributed by atoms with Gasteiger partial charge in [0.25, 0.3) is 0 Å². The van der Waals surface area contributed by atoms with Crippen LogP contribution in [-0.4, -0.2) is 4.98 Å². The second kappa shape index (κ2) is 6.15. The van der Waals surface area contributed by atoms with Gasteiger partial charge < -0.3 is 5.32 Å². The van der Waals surface area contributed by atoms with Crippen LogP contribution in [-0.2, 0) is 6.54 Å². The topological polar surface area (TPSA) is 24.9 Å². The van der Waals surface area contributed by atoms with E-state index in [1.807, 2.05) is 30.6 Å². The van der Waals surface area contributed by atoms with E-state index in [0.717, 1.165) is 27.3 Å². The number of aromatic nitrogens is 1. The maximum atomic E-state index is 6.24. The molecule has 0 aliphatic rings. The molecule has 2 rings (SSSR count). The van der Waals surface area contributed by atoms with E-state index in [1.54, 1.807) is 11.3 Å². The highest BCUT2D eigenvalue weighted by Gasteiger charge is 2.10. The summed E-state index contributed by atoms with van der Waals surface area (Å²) >= 11 is 11.3. The lowest BCUT2D eigenvalue weighted by Crippen LogP contribution is -2.18. The zero-order chi connectivity index (χ0) is 13.1. The van der Waals surface area contributed by atoms with Gasteiger partial charge in [0.15, 0.2) is 0 Å². The Kier molecular flexibility index (Phi) is 4.78. The van der Waals surface area contributed by atoms with Crippen molar-refractivity contribution in [2.24, 2.45) is 0 Å². The fourth-order valence-corrected chi connectivity index (χ4v) is 3.27. The number of nitrogens with zero attached hydrogens (tertiary/aromatic N) is 1. The van der Waals surface area contributed by atoms with Crippen LogP contribution in [0.4, 0.5) is 0 Å². The molecule has 0 radical (unpaired) electrons. The first-order valence-corrected chi connectivity index (χ1v) is 7.70. The molecule has 0 spiro atoms. The van der Waals surface area contributed by atoms with Crippen molar-refractivity contribution in [1.82, 2.24) is 10.3 Å². The molecular formula is C13H14BrClN2S. The number of hydrogen-bond acceptors (Lipinski definition) is 3. The second-order valence-corrected chi connectivity index (χ2v) is 6.39. The maximum absolute atomic E-state index is 6.24. The summed E-state index contributed by atoms with van der Waals surface area (Å²) in [5.41, 5.74) is 4.09. The molecule has 2 nitrogen and oxygen atoms in total. The van der Waals surface area contributed by atoms with Gasteiger partial charge in [-0.2, -0.15) is 0 Å². The van der Waals surface area contributed by atoms with E-state index < -0.39 is 0 Å². The Balaban J connectivity index is 2.03. The Morgan fingerprint density at radius 2 is 2.28 bits per heavy atom. The van der Waals surface area contributed by atoms with Gasteiger partial charge in [-0.05, 0) is 31.5 Å². The van der Waals surface area contributed by atoms with Gasteiger partial charge in [-0.25, -0.2) is 4.98 Å². The minimum atomic E-state index is 0.215. The number of aryl methyl sites for hydroxylation is 1. The third kappa shape index (κ3) is 3.32. The van der Waals surface area contributed by atoms with E-state index in [4.69, 9.17) is 11.6 Å². The molecule has 0 aliphatic heterocycles. The highest BCUT2D eigenvalue weighted by atomic mass is 79.9. The Morgan fingerprint density at radius 1 is 1.50 bits per heavy atom. The van der Waals surface area contributed by atoms with Gasteiger partial charge >= 0.3 is 0 Å². The average molecular weight is 346 g/mol. The standard InChI is InChI=1S/C13H14BrClN2S/c1-8(11-4-3-10(14)5-12(11)15)16-6-13-9(2)17-7-18-13/h3-5,7-8,16H,6H2,1-2H3. The van der Waals surface area contributed by atoms with Crippen LogP contribution in [0.2, 0.25) is 5.02 Å². The van der Waals surface area contributed by atoms with Gasteiger partial charge in [0.1, 0.15) is 0 Å². The van der Waals surface area contributed by atoms with Crippen molar-refractivity contribution < 1.29 is 0 Å². The van der Waals surface area contributed by atoms with Gasteiger partial charge in [0, 0.05) is 27.0 Å². The van der Waals surface area contributed by atoms with E-state index in [2.05, 4.69) is 33.2 Å². The van der Waals surface area contributed by atoms with Crippen LogP contribution in [0.5, 0.6) is 0 Å². The summed E-state index contributed by atoms with van der Waals surface area (Å²) in [6.07, 6.45) is 0. The minimum absolute atomic E-state index is 0.215. The van der Waals surface area contributed by atoms with E-state index in [-0.39, 0.29) is 6.04 Å². The quantitative estimate of drug-likeness (QED) is 0.867. The summed E-state index contributed by atoms with van der Waals surface area (Å²) in [7, 11) is 0. The number of hydrogen-bond donors (Lipinski definition) is 1. The van der Waals surface area contributed by atoms with Crippen LogP contribution in [0.25, 0.3) is 0 Å². The maximum Gasteiger partial charge on any atom is 0.0798 e. The summed E-state index contributed by atoms with van der Waals surface area (Å²) < 4.78 is 1.00. The molecule has 1 unspecified atom stereocenters. The molecule has 18 heavy (non-hydrogen) atoms. The first-order valence-electron chi connectivity index (χ1n) is 5.65. The molecule has 96 valence electrons. The molecular weight excluding hydrogens is 332 g/mol. The zero-order valence-corrected chi connectivity index (χ0v) is 13.4. The summed E-state index contributed by atoms with van der Waals surface area (Å²) in [5.74, 6) is 0. The van der Waals surface area contributed by atoms with Gasteiger partial charge in [-0.15, -0.1) is 11.3 Å². The lowest BCUT2D eigenvalue weighted by atomic mass is 10.1. The Hall–Kier alpha value is -0.420. The predicted molar refractivity (Wildman–Crippen MR) is 81.3 cm³/mol. The monoisotopic (exact) mass is 344 g/mol. The molecule has 0 aliphatic carbocycles. The van der Waals surface area contributed by atoms with Gasteiger partial charge in [-0.3, -0.25) is 0 Å². The number of nitrogens with one attached hydrogen (secondary N) is 1. The molecule has 0 saturated carbocycles. The van der Waals surface area contributed by atoms with Crippen molar-refractivity contribution in [3.8, 4) is 0 Å². The Bertz CT molecular complexity index is 542. The van der Waals surface area contributed by atoms with Crippen molar-refractivity contribution in [3.05, 3.63) is 49.3 Å². The van der Waals surface area contributed by atoms with Crippen LogP contribution in [0, 0.1) is 6.92 Å². The number of rotatable bonds is 4. The molecule has 1 aromatic carbocycles. The van der Waals surface area contributed by atoms with Crippen molar-refractivity contribution in [2.75, 3.05) is 0 Å². The van der Waals surface area contributed by atoms with Gasteiger partial charge in [0.2, 0.25) is 0 Å². The molecule has 1 heterocycles. The van der Waals surface area contributed by atoms with Crippen molar-refractivity contribution in [2.45, 2.75) is 26.4 Å².